The number of rotatable bonds is 4. The largest absolute Gasteiger partial charge is 0.313 e. The molecule has 0 bridgehead atoms. The zero-order valence-electron chi connectivity index (χ0n) is 9.72. The Kier molecular flexibility index (Phi) is 4.80. The highest BCUT2D eigenvalue weighted by atomic mass is 32.2. The van der Waals surface area contributed by atoms with Gasteiger partial charge in [0.1, 0.15) is 11.6 Å². The molecule has 1 heterocycles. The van der Waals surface area contributed by atoms with Gasteiger partial charge in [-0.15, -0.1) is 0 Å². The molecule has 94 valence electrons. The predicted octanol–water partition coefficient (Wildman–Crippen LogP) is 2.99. The van der Waals surface area contributed by atoms with Crippen LogP contribution in [0.5, 0.6) is 0 Å². The lowest BCUT2D eigenvalue weighted by Gasteiger charge is -2.22. The van der Waals surface area contributed by atoms with Crippen molar-refractivity contribution in [2.24, 2.45) is 0 Å². The van der Waals surface area contributed by atoms with Crippen LogP contribution in [0, 0.1) is 11.6 Å². The summed E-state index contributed by atoms with van der Waals surface area (Å²) in [4.78, 5) is 0. The summed E-state index contributed by atoms with van der Waals surface area (Å²) in [6.07, 6.45) is 3.15. The maximum Gasteiger partial charge on any atom is 0.126 e. The van der Waals surface area contributed by atoms with Crippen molar-refractivity contribution in [3.8, 4) is 0 Å². The summed E-state index contributed by atoms with van der Waals surface area (Å²) in [5, 5.41) is 3.44. The van der Waals surface area contributed by atoms with Crippen molar-refractivity contribution >= 4 is 11.8 Å². The van der Waals surface area contributed by atoms with E-state index in [1.165, 1.54) is 30.7 Å². The molecule has 1 saturated heterocycles. The normalized spacial score (nSPS) is 20.5. The van der Waals surface area contributed by atoms with Crippen LogP contribution in [0.1, 0.15) is 18.4 Å². The van der Waals surface area contributed by atoms with Crippen molar-refractivity contribution in [1.82, 2.24) is 5.32 Å². The number of thioether (sulfide) groups is 1. The minimum absolute atomic E-state index is 0.492. The van der Waals surface area contributed by atoms with Gasteiger partial charge in [0.2, 0.25) is 0 Å². The lowest BCUT2D eigenvalue weighted by atomic mass is 10.1. The highest BCUT2D eigenvalue weighted by Gasteiger charge is 2.12. The van der Waals surface area contributed by atoms with E-state index >= 15 is 0 Å². The Morgan fingerprint density at radius 2 is 2.00 bits per heavy atom. The summed E-state index contributed by atoms with van der Waals surface area (Å²) in [5.74, 6) is 1.42. The van der Waals surface area contributed by atoms with E-state index in [1.54, 1.807) is 0 Å². The molecule has 4 heteroatoms. The molecule has 1 unspecified atom stereocenters. The van der Waals surface area contributed by atoms with E-state index < -0.39 is 11.6 Å². The number of benzene rings is 1. The van der Waals surface area contributed by atoms with Gasteiger partial charge in [-0.25, -0.2) is 8.78 Å². The van der Waals surface area contributed by atoms with Gasteiger partial charge in [-0.3, -0.25) is 0 Å². The van der Waals surface area contributed by atoms with Gasteiger partial charge >= 0.3 is 0 Å². The Balaban J connectivity index is 1.77. The van der Waals surface area contributed by atoms with E-state index in [-0.39, 0.29) is 0 Å². The van der Waals surface area contributed by atoms with Crippen molar-refractivity contribution in [1.29, 1.82) is 0 Å². The standard InChI is InChI=1S/C13H17F2NS/c14-11-6-10(7-12(15)8-11)3-4-16-13-2-1-5-17-9-13/h6-8,13,16H,1-5,9H2. The van der Waals surface area contributed by atoms with Gasteiger partial charge in [-0.2, -0.15) is 11.8 Å². The Morgan fingerprint density at radius 3 is 2.65 bits per heavy atom. The van der Waals surface area contributed by atoms with Crippen LogP contribution < -0.4 is 5.32 Å². The van der Waals surface area contributed by atoms with Gasteiger partial charge in [0.15, 0.2) is 0 Å². The molecule has 0 amide bonds. The Hall–Kier alpha value is -0.610. The summed E-state index contributed by atoms with van der Waals surface area (Å²) in [7, 11) is 0. The third kappa shape index (κ3) is 4.28. The zero-order chi connectivity index (χ0) is 12.1. The molecule has 1 aliphatic rings. The molecule has 1 nitrogen and oxygen atoms in total. The fraction of sp³-hybridized carbons (Fsp3) is 0.538. The van der Waals surface area contributed by atoms with Gasteiger partial charge in [0.25, 0.3) is 0 Å². The molecule has 0 saturated carbocycles. The van der Waals surface area contributed by atoms with Crippen LogP contribution in [-0.2, 0) is 6.42 Å². The molecule has 2 rings (SSSR count). The molecular weight excluding hydrogens is 240 g/mol. The first kappa shape index (κ1) is 12.8. The zero-order valence-corrected chi connectivity index (χ0v) is 10.5. The molecule has 1 aliphatic heterocycles. The molecule has 0 aliphatic carbocycles. The quantitative estimate of drug-likeness (QED) is 0.890. The average Bonchev–Trinajstić information content (AvgIpc) is 2.29. The molecule has 1 fully saturated rings. The fourth-order valence-electron chi connectivity index (χ4n) is 2.08. The summed E-state index contributed by atoms with van der Waals surface area (Å²) in [5.41, 5.74) is 0.721. The van der Waals surface area contributed by atoms with Crippen LogP contribution in [0.3, 0.4) is 0 Å². The van der Waals surface area contributed by atoms with E-state index in [9.17, 15) is 8.78 Å². The second-order valence-electron chi connectivity index (χ2n) is 4.40. The van der Waals surface area contributed by atoms with Crippen molar-refractivity contribution in [3.05, 3.63) is 35.4 Å². The van der Waals surface area contributed by atoms with Crippen LogP contribution in [0.15, 0.2) is 18.2 Å². The van der Waals surface area contributed by atoms with Gasteiger partial charge in [-0.1, -0.05) is 0 Å². The van der Waals surface area contributed by atoms with Crippen molar-refractivity contribution in [3.63, 3.8) is 0 Å². The summed E-state index contributed by atoms with van der Waals surface area (Å²) in [6.45, 7) is 0.786. The number of nitrogens with one attached hydrogen (secondary N) is 1. The minimum atomic E-state index is -0.492. The minimum Gasteiger partial charge on any atom is -0.313 e. The van der Waals surface area contributed by atoms with Crippen molar-refractivity contribution in [2.45, 2.75) is 25.3 Å². The maximum absolute atomic E-state index is 12.9. The van der Waals surface area contributed by atoms with Crippen molar-refractivity contribution in [2.75, 3.05) is 18.1 Å². The first-order chi connectivity index (χ1) is 8.24. The molecule has 1 N–H and O–H groups in total. The van der Waals surface area contributed by atoms with Crippen LogP contribution >= 0.6 is 11.8 Å². The number of hydrogen-bond donors (Lipinski definition) is 1. The highest BCUT2D eigenvalue weighted by molar-refractivity contribution is 7.99. The molecule has 0 spiro atoms. The molecule has 17 heavy (non-hydrogen) atoms. The van der Waals surface area contributed by atoms with Crippen LogP contribution in [0.2, 0.25) is 0 Å². The molecule has 1 aromatic carbocycles. The molecule has 0 radical (unpaired) electrons. The van der Waals surface area contributed by atoms with E-state index in [0.717, 1.165) is 23.9 Å². The Labute approximate surface area is 105 Å². The van der Waals surface area contributed by atoms with E-state index in [4.69, 9.17) is 0 Å². The monoisotopic (exact) mass is 257 g/mol. The third-order valence-electron chi connectivity index (χ3n) is 2.93. The first-order valence-corrected chi connectivity index (χ1v) is 7.15. The van der Waals surface area contributed by atoms with Gasteiger partial charge in [0, 0.05) is 17.9 Å². The lowest BCUT2D eigenvalue weighted by molar-refractivity contribution is 0.509. The fourth-order valence-corrected chi connectivity index (χ4v) is 3.18. The SMILES string of the molecule is Fc1cc(F)cc(CCNC2CCCSC2)c1. The van der Waals surface area contributed by atoms with Gasteiger partial charge in [-0.05, 0) is 49.3 Å². The van der Waals surface area contributed by atoms with Gasteiger partial charge < -0.3 is 5.32 Å². The molecule has 1 atom stereocenters. The summed E-state index contributed by atoms with van der Waals surface area (Å²) in [6, 6.07) is 4.28. The molecule has 1 aromatic rings. The maximum atomic E-state index is 12.9. The Bertz CT molecular complexity index is 344. The lowest BCUT2D eigenvalue weighted by Crippen LogP contribution is -2.35. The van der Waals surface area contributed by atoms with Crippen LogP contribution in [-0.4, -0.2) is 24.1 Å². The van der Waals surface area contributed by atoms with Crippen molar-refractivity contribution < 1.29 is 8.78 Å². The smallest absolute Gasteiger partial charge is 0.126 e. The summed E-state index contributed by atoms with van der Waals surface area (Å²) < 4.78 is 25.9. The molecular formula is C13H17F2NS. The highest BCUT2D eigenvalue weighted by Crippen LogP contribution is 2.16. The number of hydrogen-bond acceptors (Lipinski definition) is 2. The summed E-state index contributed by atoms with van der Waals surface area (Å²) >= 11 is 1.97. The average molecular weight is 257 g/mol. The van der Waals surface area contributed by atoms with Crippen LogP contribution in [0.25, 0.3) is 0 Å². The van der Waals surface area contributed by atoms with E-state index in [1.807, 2.05) is 11.8 Å². The van der Waals surface area contributed by atoms with Gasteiger partial charge in [0.05, 0.1) is 0 Å². The Morgan fingerprint density at radius 1 is 1.24 bits per heavy atom. The second kappa shape index (κ2) is 6.36. The second-order valence-corrected chi connectivity index (χ2v) is 5.55. The first-order valence-electron chi connectivity index (χ1n) is 6.00. The number of halogens is 2. The van der Waals surface area contributed by atoms with E-state index in [2.05, 4.69) is 5.32 Å². The van der Waals surface area contributed by atoms with Crippen LogP contribution in [0.4, 0.5) is 8.78 Å². The predicted molar refractivity (Wildman–Crippen MR) is 68.4 cm³/mol. The molecule has 0 aromatic heterocycles. The topological polar surface area (TPSA) is 12.0 Å². The van der Waals surface area contributed by atoms with E-state index in [0.29, 0.717) is 12.5 Å². The third-order valence-corrected chi connectivity index (χ3v) is 4.14.